The second-order valence-corrected chi connectivity index (χ2v) is 4.83. The Balaban J connectivity index is 1.92. The lowest BCUT2D eigenvalue weighted by Gasteiger charge is -2.14. The average Bonchev–Trinajstić information content (AvgIpc) is 2.48. The molecule has 0 aliphatic rings. The molecular weight excluding hydrogens is 269 g/mol. The van der Waals surface area contributed by atoms with Crippen molar-refractivity contribution in [2.24, 2.45) is 0 Å². The highest BCUT2D eigenvalue weighted by Gasteiger charge is 2.06. The Bertz CT molecular complexity index is 628. The highest BCUT2D eigenvalue weighted by Crippen LogP contribution is 2.17. The molecule has 4 nitrogen and oxygen atoms in total. The molecule has 0 radical (unpaired) electrons. The molecule has 2 N–H and O–H groups in total. The van der Waals surface area contributed by atoms with Crippen LogP contribution in [0.2, 0.25) is 0 Å². The molecule has 0 unspecified atom stereocenters. The van der Waals surface area contributed by atoms with E-state index in [0.29, 0.717) is 0 Å². The van der Waals surface area contributed by atoms with E-state index >= 15 is 0 Å². The van der Waals surface area contributed by atoms with Crippen LogP contribution in [0.25, 0.3) is 0 Å². The molecule has 0 atom stereocenters. The van der Waals surface area contributed by atoms with Crippen molar-refractivity contribution < 1.29 is 9.18 Å². The van der Waals surface area contributed by atoms with Gasteiger partial charge in [-0.05, 0) is 30.3 Å². The number of rotatable bonds is 5. The van der Waals surface area contributed by atoms with Crippen LogP contribution in [0.4, 0.5) is 21.5 Å². The molecule has 0 heterocycles. The van der Waals surface area contributed by atoms with Crippen molar-refractivity contribution >= 4 is 23.0 Å². The SMILES string of the molecule is CN(C)c1cccc(NCC(=O)Nc2ccccc2F)c1. The summed E-state index contributed by atoms with van der Waals surface area (Å²) in [5.74, 6) is -0.740. The summed E-state index contributed by atoms with van der Waals surface area (Å²) >= 11 is 0. The van der Waals surface area contributed by atoms with Gasteiger partial charge < -0.3 is 15.5 Å². The summed E-state index contributed by atoms with van der Waals surface area (Å²) in [7, 11) is 3.90. The number of halogens is 1. The van der Waals surface area contributed by atoms with Crippen LogP contribution < -0.4 is 15.5 Å². The van der Waals surface area contributed by atoms with Gasteiger partial charge in [-0.3, -0.25) is 4.79 Å². The summed E-state index contributed by atoms with van der Waals surface area (Å²) < 4.78 is 13.4. The molecule has 0 bridgehead atoms. The Kier molecular flexibility index (Phi) is 4.77. The van der Waals surface area contributed by atoms with Crippen molar-refractivity contribution in [1.82, 2.24) is 0 Å². The van der Waals surface area contributed by atoms with Crippen molar-refractivity contribution in [3.63, 3.8) is 0 Å². The van der Waals surface area contributed by atoms with E-state index in [-0.39, 0.29) is 18.1 Å². The highest BCUT2D eigenvalue weighted by molar-refractivity contribution is 5.93. The van der Waals surface area contributed by atoms with Gasteiger partial charge in [0.25, 0.3) is 0 Å². The summed E-state index contributed by atoms with van der Waals surface area (Å²) in [6, 6.07) is 13.8. The van der Waals surface area contributed by atoms with Gasteiger partial charge in [-0.25, -0.2) is 4.39 Å². The Morgan fingerprint density at radius 2 is 1.90 bits per heavy atom. The van der Waals surface area contributed by atoms with Crippen LogP contribution in [0.15, 0.2) is 48.5 Å². The van der Waals surface area contributed by atoms with Crippen molar-refractivity contribution in [1.29, 1.82) is 0 Å². The van der Waals surface area contributed by atoms with Gasteiger partial charge in [0.05, 0.1) is 12.2 Å². The topological polar surface area (TPSA) is 44.4 Å². The number of anilines is 3. The molecular formula is C16H18FN3O. The number of hydrogen-bond acceptors (Lipinski definition) is 3. The van der Waals surface area contributed by atoms with Gasteiger partial charge in [-0.1, -0.05) is 18.2 Å². The lowest BCUT2D eigenvalue weighted by atomic mass is 10.2. The van der Waals surface area contributed by atoms with E-state index in [4.69, 9.17) is 0 Å². The molecule has 2 rings (SSSR count). The smallest absolute Gasteiger partial charge is 0.243 e. The van der Waals surface area contributed by atoms with Crippen LogP contribution in [-0.4, -0.2) is 26.5 Å². The van der Waals surface area contributed by atoms with Crippen molar-refractivity contribution in [3.05, 3.63) is 54.3 Å². The van der Waals surface area contributed by atoms with E-state index in [2.05, 4.69) is 10.6 Å². The highest BCUT2D eigenvalue weighted by atomic mass is 19.1. The fourth-order valence-corrected chi connectivity index (χ4v) is 1.83. The molecule has 0 aliphatic heterocycles. The zero-order valence-corrected chi connectivity index (χ0v) is 12.1. The van der Waals surface area contributed by atoms with Crippen LogP contribution in [0.1, 0.15) is 0 Å². The Morgan fingerprint density at radius 3 is 2.62 bits per heavy atom. The van der Waals surface area contributed by atoms with Gasteiger partial charge in [0.1, 0.15) is 5.82 Å². The molecule has 1 amide bonds. The van der Waals surface area contributed by atoms with Crippen molar-refractivity contribution in [2.45, 2.75) is 0 Å². The molecule has 0 saturated carbocycles. The first-order valence-corrected chi connectivity index (χ1v) is 6.62. The maximum absolute atomic E-state index is 13.4. The summed E-state index contributed by atoms with van der Waals surface area (Å²) in [4.78, 5) is 13.8. The van der Waals surface area contributed by atoms with Gasteiger partial charge in [0, 0.05) is 25.5 Å². The van der Waals surface area contributed by atoms with Crippen LogP contribution in [-0.2, 0) is 4.79 Å². The van der Waals surface area contributed by atoms with Crippen LogP contribution in [0, 0.1) is 5.82 Å². The molecule has 0 fully saturated rings. The second-order valence-electron chi connectivity index (χ2n) is 4.83. The third-order valence-electron chi connectivity index (χ3n) is 2.96. The van der Waals surface area contributed by atoms with E-state index in [1.807, 2.05) is 43.3 Å². The largest absolute Gasteiger partial charge is 0.378 e. The molecule has 0 aromatic heterocycles. The van der Waals surface area contributed by atoms with E-state index in [0.717, 1.165) is 11.4 Å². The molecule has 5 heteroatoms. The Morgan fingerprint density at radius 1 is 1.14 bits per heavy atom. The van der Waals surface area contributed by atoms with Gasteiger partial charge in [-0.2, -0.15) is 0 Å². The second kappa shape index (κ2) is 6.74. The predicted octanol–water partition coefficient (Wildman–Crippen LogP) is 2.94. The first kappa shape index (κ1) is 14.8. The molecule has 2 aromatic rings. The summed E-state index contributed by atoms with van der Waals surface area (Å²) in [5, 5.41) is 5.55. The number of nitrogens with zero attached hydrogens (tertiary/aromatic N) is 1. The van der Waals surface area contributed by atoms with Crippen LogP contribution in [0.5, 0.6) is 0 Å². The minimum Gasteiger partial charge on any atom is -0.378 e. The average molecular weight is 287 g/mol. The first-order chi connectivity index (χ1) is 10.1. The number of hydrogen-bond donors (Lipinski definition) is 2. The maximum Gasteiger partial charge on any atom is 0.243 e. The zero-order valence-electron chi connectivity index (χ0n) is 12.1. The lowest BCUT2D eigenvalue weighted by Crippen LogP contribution is -2.22. The maximum atomic E-state index is 13.4. The monoisotopic (exact) mass is 287 g/mol. The minimum absolute atomic E-state index is 0.0746. The molecule has 21 heavy (non-hydrogen) atoms. The van der Waals surface area contributed by atoms with Gasteiger partial charge in [-0.15, -0.1) is 0 Å². The van der Waals surface area contributed by atoms with E-state index in [1.165, 1.54) is 12.1 Å². The number of carbonyl (C=O) groups excluding carboxylic acids is 1. The van der Waals surface area contributed by atoms with Gasteiger partial charge in [0.2, 0.25) is 5.91 Å². The number of para-hydroxylation sites is 1. The van der Waals surface area contributed by atoms with E-state index in [1.54, 1.807) is 12.1 Å². The number of benzene rings is 2. The van der Waals surface area contributed by atoms with Gasteiger partial charge >= 0.3 is 0 Å². The Labute approximate surface area is 123 Å². The van der Waals surface area contributed by atoms with Crippen LogP contribution >= 0.6 is 0 Å². The van der Waals surface area contributed by atoms with Crippen molar-refractivity contribution in [2.75, 3.05) is 36.2 Å². The van der Waals surface area contributed by atoms with Crippen molar-refractivity contribution in [3.8, 4) is 0 Å². The fourth-order valence-electron chi connectivity index (χ4n) is 1.83. The van der Waals surface area contributed by atoms with E-state index in [9.17, 15) is 9.18 Å². The van der Waals surface area contributed by atoms with Gasteiger partial charge in [0.15, 0.2) is 0 Å². The summed E-state index contributed by atoms with van der Waals surface area (Å²) in [5.41, 5.74) is 2.06. The summed E-state index contributed by atoms with van der Waals surface area (Å²) in [6.07, 6.45) is 0. The molecule has 0 spiro atoms. The Hall–Kier alpha value is -2.56. The standard InChI is InChI=1S/C16H18FN3O/c1-20(2)13-7-5-6-12(10-13)18-11-16(21)19-15-9-4-3-8-14(15)17/h3-10,18H,11H2,1-2H3,(H,19,21). The molecule has 2 aromatic carbocycles. The van der Waals surface area contributed by atoms with Crippen LogP contribution in [0.3, 0.4) is 0 Å². The normalized spacial score (nSPS) is 10.0. The first-order valence-electron chi connectivity index (χ1n) is 6.62. The fraction of sp³-hybridized carbons (Fsp3) is 0.188. The summed E-state index contributed by atoms with van der Waals surface area (Å²) in [6.45, 7) is 0.0746. The molecule has 0 saturated heterocycles. The minimum atomic E-state index is -0.444. The predicted molar refractivity (Wildman–Crippen MR) is 84.3 cm³/mol. The molecule has 110 valence electrons. The zero-order chi connectivity index (χ0) is 15.2. The number of amides is 1. The lowest BCUT2D eigenvalue weighted by molar-refractivity contribution is -0.114. The number of nitrogens with one attached hydrogen (secondary N) is 2. The molecule has 0 aliphatic carbocycles. The number of carbonyl (C=O) groups is 1. The third kappa shape index (κ3) is 4.21. The quantitative estimate of drug-likeness (QED) is 0.888. The van der Waals surface area contributed by atoms with E-state index < -0.39 is 5.82 Å². The third-order valence-corrected chi connectivity index (χ3v) is 2.96.